The Hall–Kier alpha value is -3.01. The van der Waals surface area contributed by atoms with Gasteiger partial charge in [0.15, 0.2) is 0 Å². The number of pyridine rings is 1. The second kappa shape index (κ2) is 5.54. The van der Waals surface area contributed by atoms with Crippen LogP contribution < -0.4 is 5.32 Å². The van der Waals surface area contributed by atoms with Crippen LogP contribution >= 0.6 is 0 Å². The van der Waals surface area contributed by atoms with E-state index in [4.69, 9.17) is 0 Å². The third-order valence-corrected chi connectivity index (χ3v) is 3.08. The molecular weight excluding hydrogens is 264 g/mol. The van der Waals surface area contributed by atoms with E-state index in [2.05, 4.69) is 10.3 Å². The zero-order valence-corrected chi connectivity index (χ0v) is 11.2. The third-order valence-electron chi connectivity index (χ3n) is 3.08. The summed E-state index contributed by atoms with van der Waals surface area (Å²) in [6.07, 6.45) is 1.73. The maximum absolute atomic E-state index is 9.32. The van der Waals surface area contributed by atoms with E-state index in [1.54, 1.807) is 42.6 Å². The van der Waals surface area contributed by atoms with Crippen LogP contribution in [-0.4, -0.2) is 15.2 Å². The Bertz CT molecular complexity index is 737. The molecule has 0 aliphatic carbocycles. The van der Waals surface area contributed by atoms with Crippen molar-refractivity contribution in [3.8, 4) is 22.8 Å². The number of benzene rings is 2. The fraction of sp³-hybridized carbons (Fsp3) is 0. The number of aromatic hydroxyl groups is 2. The summed E-state index contributed by atoms with van der Waals surface area (Å²) in [4.78, 5) is 4.33. The summed E-state index contributed by atoms with van der Waals surface area (Å²) in [5.41, 5.74) is 3.54. The first-order valence-electron chi connectivity index (χ1n) is 6.52. The number of anilines is 2. The maximum atomic E-state index is 9.32. The van der Waals surface area contributed by atoms with Gasteiger partial charge in [-0.1, -0.05) is 0 Å². The van der Waals surface area contributed by atoms with Crippen LogP contribution in [0.1, 0.15) is 0 Å². The van der Waals surface area contributed by atoms with Crippen molar-refractivity contribution in [2.75, 3.05) is 5.32 Å². The van der Waals surface area contributed by atoms with Gasteiger partial charge in [-0.15, -0.1) is 0 Å². The third kappa shape index (κ3) is 3.12. The fourth-order valence-electron chi connectivity index (χ4n) is 2.01. The van der Waals surface area contributed by atoms with Crippen molar-refractivity contribution in [3.63, 3.8) is 0 Å². The number of nitrogens with zero attached hydrogens (tertiary/aromatic N) is 1. The number of hydrogen-bond donors (Lipinski definition) is 3. The van der Waals surface area contributed by atoms with Crippen LogP contribution in [0.3, 0.4) is 0 Å². The molecule has 4 heteroatoms. The highest BCUT2D eigenvalue weighted by Crippen LogP contribution is 2.24. The van der Waals surface area contributed by atoms with Gasteiger partial charge in [0.2, 0.25) is 0 Å². The Morgan fingerprint density at radius 2 is 1.33 bits per heavy atom. The van der Waals surface area contributed by atoms with Crippen LogP contribution in [0.25, 0.3) is 11.3 Å². The van der Waals surface area contributed by atoms with E-state index in [9.17, 15) is 10.2 Å². The number of hydrogen-bond acceptors (Lipinski definition) is 4. The maximum Gasteiger partial charge on any atom is 0.115 e. The Labute approximate surface area is 122 Å². The van der Waals surface area contributed by atoms with Gasteiger partial charge >= 0.3 is 0 Å². The predicted octanol–water partition coefficient (Wildman–Crippen LogP) is 3.90. The summed E-state index contributed by atoms with van der Waals surface area (Å²) in [6.45, 7) is 0. The minimum Gasteiger partial charge on any atom is -0.508 e. The molecule has 2 aromatic carbocycles. The van der Waals surface area contributed by atoms with Crippen LogP contribution in [-0.2, 0) is 0 Å². The second-order valence-electron chi connectivity index (χ2n) is 4.65. The van der Waals surface area contributed by atoms with E-state index in [0.717, 1.165) is 22.6 Å². The van der Waals surface area contributed by atoms with Crippen molar-refractivity contribution in [1.29, 1.82) is 0 Å². The molecule has 0 spiro atoms. The Balaban J connectivity index is 1.86. The topological polar surface area (TPSA) is 65.4 Å². The molecule has 0 unspecified atom stereocenters. The average molecular weight is 278 g/mol. The monoisotopic (exact) mass is 278 g/mol. The molecule has 0 amide bonds. The van der Waals surface area contributed by atoms with E-state index in [0.29, 0.717) is 0 Å². The van der Waals surface area contributed by atoms with E-state index < -0.39 is 0 Å². The Morgan fingerprint density at radius 1 is 0.714 bits per heavy atom. The summed E-state index contributed by atoms with van der Waals surface area (Å²) >= 11 is 0. The molecule has 0 saturated carbocycles. The van der Waals surface area contributed by atoms with Crippen molar-refractivity contribution < 1.29 is 10.2 Å². The van der Waals surface area contributed by atoms with Crippen molar-refractivity contribution >= 4 is 11.4 Å². The molecule has 3 rings (SSSR count). The van der Waals surface area contributed by atoms with Crippen LogP contribution in [0.2, 0.25) is 0 Å². The molecule has 0 atom stereocenters. The minimum atomic E-state index is 0.233. The van der Waals surface area contributed by atoms with Gasteiger partial charge in [0.25, 0.3) is 0 Å². The average Bonchev–Trinajstić information content (AvgIpc) is 2.51. The summed E-state index contributed by atoms with van der Waals surface area (Å²) in [5, 5.41) is 21.9. The number of rotatable bonds is 3. The molecule has 1 aromatic heterocycles. The van der Waals surface area contributed by atoms with Gasteiger partial charge in [-0.05, 0) is 60.7 Å². The first-order valence-corrected chi connectivity index (χ1v) is 6.52. The van der Waals surface area contributed by atoms with Crippen LogP contribution in [0.4, 0.5) is 11.4 Å². The van der Waals surface area contributed by atoms with Gasteiger partial charge < -0.3 is 15.5 Å². The van der Waals surface area contributed by atoms with Crippen molar-refractivity contribution in [2.45, 2.75) is 0 Å². The number of aromatic nitrogens is 1. The molecule has 0 aliphatic rings. The lowest BCUT2D eigenvalue weighted by Crippen LogP contribution is -1.91. The van der Waals surface area contributed by atoms with Crippen LogP contribution in [0.15, 0.2) is 66.9 Å². The van der Waals surface area contributed by atoms with Gasteiger partial charge in [0.1, 0.15) is 11.5 Å². The molecule has 3 aromatic rings. The van der Waals surface area contributed by atoms with Gasteiger partial charge in [0, 0.05) is 23.1 Å². The number of phenolic OH excluding ortho intramolecular Hbond substituents is 2. The lowest BCUT2D eigenvalue weighted by atomic mass is 10.1. The van der Waals surface area contributed by atoms with Crippen molar-refractivity contribution in [2.24, 2.45) is 0 Å². The molecule has 0 radical (unpaired) electrons. The minimum absolute atomic E-state index is 0.233. The molecule has 21 heavy (non-hydrogen) atoms. The van der Waals surface area contributed by atoms with E-state index >= 15 is 0 Å². The lowest BCUT2D eigenvalue weighted by Gasteiger charge is -2.08. The SMILES string of the molecule is Oc1ccc(Nc2ccnc(-c3ccc(O)cc3)c2)cc1. The van der Waals surface area contributed by atoms with E-state index in [-0.39, 0.29) is 11.5 Å². The molecule has 104 valence electrons. The molecule has 0 aliphatic heterocycles. The highest BCUT2D eigenvalue weighted by molar-refractivity contribution is 5.68. The number of nitrogens with one attached hydrogen (secondary N) is 1. The molecule has 0 fully saturated rings. The quantitative estimate of drug-likeness (QED) is 0.636. The van der Waals surface area contributed by atoms with E-state index in [1.165, 1.54) is 0 Å². The van der Waals surface area contributed by atoms with Gasteiger partial charge in [0.05, 0.1) is 5.69 Å². The van der Waals surface area contributed by atoms with Crippen LogP contribution in [0.5, 0.6) is 11.5 Å². The Kier molecular flexibility index (Phi) is 3.43. The van der Waals surface area contributed by atoms with Gasteiger partial charge in [-0.2, -0.15) is 0 Å². The molecule has 0 saturated heterocycles. The van der Waals surface area contributed by atoms with Gasteiger partial charge in [-0.25, -0.2) is 0 Å². The summed E-state index contributed by atoms with van der Waals surface area (Å²) in [7, 11) is 0. The fourth-order valence-corrected chi connectivity index (χ4v) is 2.01. The van der Waals surface area contributed by atoms with E-state index in [1.807, 2.05) is 24.3 Å². The molecular formula is C17H14N2O2. The molecule has 0 bridgehead atoms. The standard InChI is InChI=1S/C17H14N2O2/c20-15-5-1-12(2-6-15)17-11-14(9-10-18-17)19-13-3-7-16(21)8-4-13/h1-11,20-21H,(H,18,19). The largest absolute Gasteiger partial charge is 0.508 e. The van der Waals surface area contributed by atoms with Crippen molar-refractivity contribution in [1.82, 2.24) is 4.98 Å². The number of phenols is 2. The normalized spacial score (nSPS) is 10.3. The smallest absolute Gasteiger partial charge is 0.115 e. The molecule has 3 N–H and O–H groups in total. The van der Waals surface area contributed by atoms with Crippen molar-refractivity contribution in [3.05, 3.63) is 66.9 Å². The predicted molar refractivity (Wildman–Crippen MR) is 82.7 cm³/mol. The van der Waals surface area contributed by atoms with Crippen LogP contribution in [0, 0.1) is 0 Å². The molecule has 4 nitrogen and oxygen atoms in total. The summed E-state index contributed by atoms with van der Waals surface area (Å²) in [6, 6.07) is 17.6. The molecule has 1 heterocycles. The zero-order chi connectivity index (χ0) is 14.7. The first-order chi connectivity index (χ1) is 10.2. The first kappa shape index (κ1) is 13.0. The second-order valence-corrected chi connectivity index (χ2v) is 4.65. The highest BCUT2D eigenvalue weighted by atomic mass is 16.3. The summed E-state index contributed by atoms with van der Waals surface area (Å²) in [5.74, 6) is 0.470. The highest BCUT2D eigenvalue weighted by Gasteiger charge is 2.02. The Morgan fingerprint density at radius 3 is 2.00 bits per heavy atom. The lowest BCUT2D eigenvalue weighted by molar-refractivity contribution is 0.475. The van der Waals surface area contributed by atoms with Gasteiger partial charge in [-0.3, -0.25) is 4.98 Å². The summed E-state index contributed by atoms with van der Waals surface area (Å²) < 4.78 is 0. The zero-order valence-electron chi connectivity index (χ0n) is 11.2.